The maximum Gasteiger partial charge on any atom is 0.343 e. The predicted octanol–water partition coefficient (Wildman–Crippen LogP) is 8.62. The molecule has 0 fully saturated rings. The van der Waals surface area contributed by atoms with Crippen LogP contribution in [0.4, 0.5) is 5.69 Å². The third kappa shape index (κ3) is 6.96. The largest absolute Gasteiger partial charge is 0.422 e. The number of hydrogen-bond donors (Lipinski definition) is 2. The number of aryl methyl sites for hydroxylation is 1. The maximum atomic E-state index is 12.9. The van der Waals surface area contributed by atoms with Crippen molar-refractivity contribution in [1.29, 1.82) is 0 Å². The molecule has 5 aromatic rings. The number of anilines is 1. The van der Waals surface area contributed by atoms with Gasteiger partial charge < -0.3 is 10.1 Å². The SMILES string of the molecule is Cc1cccc(C(=O)Oc2ccc(Br)cc2/C=N\NC(=O)c2ccc(NC(=O)c3sc4cc(Br)ccc4c3Cl)cc2)c1. The molecule has 210 valence electrons. The second-order valence-corrected chi connectivity index (χ2v) is 12.3. The molecule has 1 aromatic heterocycles. The minimum atomic E-state index is -0.505. The van der Waals surface area contributed by atoms with Crippen molar-refractivity contribution >= 4 is 94.6 Å². The van der Waals surface area contributed by atoms with Gasteiger partial charge >= 0.3 is 5.97 Å². The first-order valence-corrected chi connectivity index (χ1v) is 15.2. The smallest absolute Gasteiger partial charge is 0.343 e. The zero-order valence-electron chi connectivity index (χ0n) is 21.8. The van der Waals surface area contributed by atoms with Crippen LogP contribution in [0.15, 0.2) is 99.0 Å². The molecule has 0 saturated heterocycles. The molecule has 2 N–H and O–H groups in total. The van der Waals surface area contributed by atoms with E-state index in [0.717, 1.165) is 24.6 Å². The van der Waals surface area contributed by atoms with Crippen molar-refractivity contribution in [3.8, 4) is 5.75 Å². The second kappa shape index (κ2) is 13.0. The highest BCUT2D eigenvalue weighted by atomic mass is 79.9. The quantitative estimate of drug-likeness (QED) is 0.0760. The molecule has 4 aromatic carbocycles. The minimum Gasteiger partial charge on any atom is -0.422 e. The molecular formula is C31H20Br2ClN3O4S. The van der Waals surface area contributed by atoms with Gasteiger partial charge in [0.25, 0.3) is 11.8 Å². The molecule has 0 bridgehead atoms. The van der Waals surface area contributed by atoms with Crippen LogP contribution in [0.1, 0.15) is 41.5 Å². The number of nitrogens with zero attached hydrogens (tertiary/aromatic N) is 1. The molecule has 0 aliphatic rings. The summed E-state index contributed by atoms with van der Waals surface area (Å²) in [6.45, 7) is 1.89. The number of ether oxygens (including phenoxy) is 1. The Morgan fingerprint density at radius 1 is 0.881 bits per heavy atom. The topological polar surface area (TPSA) is 96.9 Å². The van der Waals surface area contributed by atoms with Crippen LogP contribution < -0.4 is 15.5 Å². The highest BCUT2D eigenvalue weighted by Gasteiger charge is 2.18. The summed E-state index contributed by atoms with van der Waals surface area (Å²) in [4.78, 5) is 38.6. The van der Waals surface area contributed by atoms with Crippen molar-refractivity contribution in [3.63, 3.8) is 0 Å². The molecule has 0 radical (unpaired) electrons. The van der Waals surface area contributed by atoms with Gasteiger partial charge in [0.1, 0.15) is 10.6 Å². The van der Waals surface area contributed by atoms with Crippen molar-refractivity contribution in [2.75, 3.05) is 5.32 Å². The molecule has 0 atom stereocenters. The number of hydrazone groups is 1. The summed E-state index contributed by atoms with van der Waals surface area (Å²) >= 11 is 14.6. The highest BCUT2D eigenvalue weighted by molar-refractivity contribution is 9.10. The van der Waals surface area contributed by atoms with Crippen LogP contribution in [0.25, 0.3) is 10.1 Å². The zero-order chi connectivity index (χ0) is 29.8. The van der Waals surface area contributed by atoms with E-state index < -0.39 is 11.9 Å². The average Bonchev–Trinajstić information content (AvgIpc) is 3.30. The summed E-state index contributed by atoms with van der Waals surface area (Å²) in [5, 5.41) is 8.06. The van der Waals surface area contributed by atoms with Crippen molar-refractivity contribution in [2.24, 2.45) is 5.10 Å². The predicted molar refractivity (Wildman–Crippen MR) is 174 cm³/mol. The first-order chi connectivity index (χ1) is 20.2. The average molecular weight is 726 g/mol. The number of carbonyl (C=O) groups excluding carboxylic acids is 3. The Balaban J connectivity index is 1.22. The summed E-state index contributed by atoms with van der Waals surface area (Å²) < 4.78 is 8.12. The Morgan fingerprint density at radius 3 is 2.38 bits per heavy atom. The van der Waals surface area contributed by atoms with Crippen LogP contribution in [0.3, 0.4) is 0 Å². The molecule has 1 heterocycles. The summed E-state index contributed by atoms with van der Waals surface area (Å²) in [5.74, 6) is -1.02. The normalized spacial score (nSPS) is 11.0. The molecule has 11 heteroatoms. The lowest BCUT2D eigenvalue weighted by molar-refractivity contribution is 0.0733. The van der Waals surface area contributed by atoms with Gasteiger partial charge in [0, 0.05) is 35.8 Å². The molecule has 0 aliphatic heterocycles. The molecule has 42 heavy (non-hydrogen) atoms. The van der Waals surface area contributed by atoms with Gasteiger partial charge in [-0.3, -0.25) is 9.59 Å². The number of benzene rings is 4. The lowest BCUT2D eigenvalue weighted by Gasteiger charge is -2.09. The first kappa shape index (κ1) is 29.7. The summed E-state index contributed by atoms with van der Waals surface area (Å²) in [6, 6.07) is 24.2. The minimum absolute atomic E-state index is 0.286. The van der Waals surface area contributed by atoms with E-state index >= 15 is 0 Å². The molecule has 7 nitrogen and oxygen atoms in total. The number of nitrogens with one attached hydrogen (secondary N) is 2. The molecule has 2 amide bonds. The number of thiophene rings is 1. The van der Waals surface area contributed by atoms with Crippen LogP contribution in [0, 0.1) is 6.92 Å². The summed E-state index contributed by atoms with van der Waals surface area (Å²) in [6.07, 6.45) is 1.39. The van der Waals surface area contributed by atoms with E-state index in [0.29, 0.717) is 32.3 Å². The van der Waals surface area contributed by atoms with Crippen LogP contribution in [-0.4, -0.2) is 24.0 Å². The van der Waals surface area contributed by atoms with Gasteiger partial charge in [0.2, 0.25) is 0 Å². The van der Waals surface area contributed by atoms with Crippen LogP contribution in [0.5, 0.6) is 5.75 Å². The fourth-order valence-electron chi connectivity index (χ4n) is 3.95. The van der Waals surface area contributed by atoms with Gasteiger partial charge in [-0.15, -0.1) is 11.3 Å². The second-order valence-electron chi connectivity index (χ2n) is 9.06. The number of halogens is 3. The van der Waals surface area contributed by atoms with E-state index in [1.54, 1.807) is 60.7 Å². The van der Waals surface area contributed by atoms with E-state index in [1.807, 2.05) is 31.2 Å². The lowest BCUT2D eigenvalue weighted by atomic mass is 10.1. The van der Waals surface area contributed by atoms with E-state index in [9.17, 15) is 14.4 Å². The van der Waals surface area contributed by atoms with E-state index in [4.69, 9.17) is 16.3 Å². The summed E-state index contributed by atoms with van der Waals surface area (Å²) in [7, 11) is 0. The standard InChI is InChI=1S/C31H20Br2ClN3O4S/c1-17-3-2-4-19(13-17)31(40)41-25-12-8-21(32)14-20(25)16-35-37-29(38)18-5-9-23(10-6-18)36-30(39)28-27(34)24-11-7-22(33)15-26(24)42-28/h2-16H,1H3,(H,36,39)(H,37,38)/b35-16-. The van der Waals surface area contributed by atoms with E-state index in [1.165, 1.54) is 17.6 Å². The van der Waals surface area contributed by atoms with Gasteiger partial charge in [-0.1, -0.05) is 67.2 Å². The monoisotopic (exact) mass is 723 g/mol. The highest BCUT2D eigenvalue weighted by Crippen LogP contribution is 2.37. The fourth-order valence-corrected chi connectivity index (χ4v) is 6.29. The van der Waals surface area contributed by atoms with Crippen LogP contribution >= 0.6 is 54.8 Å². The third-order valence-corrected chi connectivity index (χ3v) is 8.64. The molecule has 0 unspecified atom stereocenters. The van der Waals surface area contributed by atoms with Crippen LogP contribution in [-0.2, 0) is 0 Å². The Bertz CT molecular complexity index is 1870. The van der Waals surface area contributed by atoms with Gasteiger partial charge in [-0.25, -0.2) is 10.2 Å². The molecule has 5 rings (SSSR count). The Labute approximate surface area is 266 Å². The van der Waals surface area contributed by atoms with Crippen molar-refractivity contribution < 1.29 is 19.1 Å². The molecular weight excluding hydrogens is 706 g/mol. The van der Waals surface area contributed by atoms with E-state index in [-0.39, 0.29) is 11.7 Å². The van der Waals surface area contributed by atoms with Gasteiger partial charge in [-0.05, 0) is 73.7 Å². The number of carbonyl (C=O) groups is 3. The number of esters is 1. The van der Waals surface area contributed by atoms with Gasteiger partial charge in [0.05, 0.1) is 16.8 Å². The number of amides is 2. The van der Waals surface area contributed by atoms with E-state index in [2.05, 4.69) is 47.7 Å². The van der Waals surface area contributed by atoms with Gasteiger partial charge in [-0.2, -0.15) is 5.10 Å². The lowest BCUT2D eigenvalue weighted by Crippen LogP contribution is -2.18. The van der Waals surface area contributed by atoms with Crippen molar-refractivity contribution in [2.45, 2.75) is 6.92 Å². The van der Waals surface area contributed by atoms with Crippen molar-refractivity contribution in [3.05, 3.63) is 126 Å². The molecule has 0 aliphatic carbocycles. The third-order valence-electron chi connectivity index (χ3n) is 6.00. The van der Waals surface area contributed by atoms with Crippen LogP contribution in [0.2, 0.25) is 5.02 Å². The maximum absolute atomic E-state index is 12.9. The molecule has 0 saturated carbocycles. The Hall–Kier alpha value is -3.83. The fraction of sp³-hybridized carbons (Fsp3) is 0.0323. The van der Waals surface area contributed by atoms with Gasteiger partial charge in [0.15, 0.2) is 0 Å². The summed E-state index contributed by atoms with van der Waals surface area (Å²) in [5.41, 5.74) is 5.15. The first-order valence-electron chi connectivity index (χ1n) is 12.4. The number of hydrogen-bond acceptors (Lipinski definition) is 6. The Kier molecular flexibility index (Phi) is 9.18. The number of rotatable bonds is 7. The Morgan fingerprint density at radius 2 is 1.62 bits per heavy atom. The number of fused-ring (bicyclic) bond motifs is 1. The zero-order valence-corrected chi connectivity index (χ0v) is 26.5. The molecule has 0 spiro atoms. The van der Waals surface area contributed by atoms with Crippen molar-refractivity contribution in [1.82, 2.24) is 5.43 Å².